The Bertz CT molecular complexity index is 507. The van der Waals surface area contributed by atoms with Crippen molar-refractivity contribution in [3.05, 3.63) is 29.8 Å². The highest BCUT2D eigenvalue weighted by atomic mass is 16.4. The fraction of sp³-hybridized carbons (Fsp3) is 0.500. The second-order valence-corrected chi connectivity index (χ2v) is 6.18. The standard InChI is InChI=1S/C16H24N2O3/c1-16(2,15(20)21)10-14(19)18(5)11-12-6-8-13(9-7-12)17(3)4/h6-9H,10-11H2,1-5H3,(H,20,21). The van der Waals surface area contributed by atoms with Gasteiger partial charge >= 0.3 is 5.97 Å². The van der Waals surface area contributed by atoms with E-state index < -0.39 is 11.4 Å². The number of carbonyl (C=O) groups is 2. The maximum atomic E-state index is 12.1. The number of carbonyl (C=O) groups excluding carboxylic acids is 1. The van der Waals surface area contributed by atoms with Gasteiger partial charge in [0.2, 0.25) is 5.91 Å². The Morgan fingerprint density at radius 1 is 1.10 bits per heavy atom. The summed E-state index contributed by atoms with van der Waals surface area (Å²) in [5, 5.41) is 9.07. The topological polar surface area (TPSA) is 60.9 Å². The van der Waals surface area contributed by atoms with Crippen LogP contribution < -0.4 is 4.90 Å². The SMILES string of the molecule is CN(Cc1ccc(N(C)C)cc1)C(=O)CC(C)(C)C(=O)O. The first kappa shape index (κ1) is 17.0. The minimum atomic E-state index is -1.04. The van der Waals surface area contributed by atoms with Gasteiger partial charge in [-0.15, -0.1) is 0 Å². The minimum absolute atomic E-state index is 0.00534. The zero-order valence-corrected chi connectivity index (χ0v) is 13.4. The number of rotatable bonds is 6. The molecule has 0 fully saturated rings. The Kier molecular flexibility index (Phi) is 5.35. The Balaban J connectivity index is 2.66. The number of hydrogen-bond donors (Lipinski definition) is 1. The number of carboxylic acid groups (broad SMARTS) is 1. The van der Waals surface area contributed by atoms with Gasteiger partial charge in [0.05, 0.1) is 5.41 Å². The summed E-state index contributed by atoms with van der Waals surface area (Å²) < 4.78 is 0. The average molecular weight is 292 g/mol. The largest absolute Gasteiger partial charge is 0.481 e. The second-order valence-electron chi connectivity index (χ2n) is 6.18. The molecule has 1 aromatic carbocycles. The van der Waals surface area contributed by atoms with Gasteiger partial charge in [-0.3, -0.25) is 9.59 Å². The molecule has 0 atom stereocenters. The van der Waals surface area contributed by atoms with E-state index in [1.165, 1.54) is 0 Å². The van der Waals surface area contributed by atoms with Gasteiger partial charge < -0.3 is 14.9 Å². The van der Waals surface area contributed by atoms with E-state index in [0.29, 0.717) is 6.54 Å². The van der Waals surface area contributed by atoms with Gasteiger partial charge in [0.15, 0.2) is 0 Å². The van der Waals surface area contributed by atoms with Crippen LogP contribution in [0.3, 0.4) is 0 Å². The molecule has 0 bridgehead atoms. The molecule has 0 aliphatic heterocycles. The lowest BCUT2D eigenvalue weighted by atomic mass is 9.89. The van der Waals surface area contributed by atoms with Crippen LogP contribution in [-0.4, -0.2) is 43.0 Å². The third-order valence-electron chi connectivity index (χ3n) is 3.47. The van der Waals surface area contributed by atoms with Crippen LogP contribution in [0.5, 0.6) is 0 Å². The lowest BCUT2D eigenvalue weighted by Crippen LogP contribution is -2.34. The first-order chi connectivity index (χ1) is 9.63. The Labute approximate surface area is 126 Å². The van der Waals surface area contributed by atoms with E-state index in [9.17, 15) is 9.59 Å². The second kappa shape index (κ2) is 6.61. The number of benzene rings is 1. The first-order valence-electron chi connectivity index (χ1n) is 6.87. The molecule has 0 aliphatic carbocycles. The Morgan fingerprint density at radius 2 is 1.62 bits per heavy atom. The van der Waals surface area contributed by atoms with Crippen molar-refractivity contribution in [2.24, 2.45) is 5.41 Å². The maximum absolute atomic E-state index is 12.1. The van der Waals surface area contributed by atoms with Gasteiger partial charge in [-0.25, -0.2) is 0 Å². The summed E-state index contributed by atoms with van der Waals surface area (Å²) in [6.45, 7) is 3.60. The molecule has 0 aromatic heterocycles. The minimum Gasteiger partial charge on any atom is -0.481 e. The van der Waals surface area contributed by atoms with Gasteiger partial charge in [-0.05, 0) is 31.5 Å². The summed E-state index contributed by atoms with van der Waals surface area (Å²) in [5.74, 6) is -1.13. The molecule has 0 unspecified atom stereocenters. The third kappa shape index (κ3) is 4.77. The van der Waals surface area contributed by atoms with Crippen molar-refractivity contribution < 1.29 is 14.7 Å². The normalized spacial score (nSPS) is 11.1. The van der Waals surface area contributed by atoms with Gasteiger partial charge in [0.25, 0.3) is 0 Å². The van der Waals surface area contributed by atoms with E-state index in [2.05, 4.69) is 0 Å². The molecular weight excluding hydrogens is 268 g/mol. The smallest absolute Gasteiger partial charge is 0.309 e. The van der Waals surface area contributed by atoms with Crippen molar-refractivity contribution in [2.45, 2.75) is 26.8 Å². The average Bonchev–Trinajstić information content (AvgIpc) is 2.38. The van der Waals surface area contributed by atoms with Crippen LogP contribution in [-0.2, 0) is 16.1 Å². The molecular formula is C16H24N2O3. The molecule has 1 N–H and O–H groups in total. The predicted octanol–water partition coefficient (Wildman–Crippen LogP) is 2.21. The number of carboxylic acids is 1. The molecule has 21 heavy (non-hydrogen) atoms. The zero-order valence-electron chi connectivity index (χ0n) is 13.4. The highest BCUT2D eigenvalue weighted by molar-refractivity contribution is 5.84. The van der Waals surface area contributed by atoms with Crippen molar-refractivity contribution in [3.63, 3.8) is 0 Å². The molecule has 5 heteroatoms. The number of anilines is 1. The van der Waals surface area contributed by atoms with Crippen molar-refractivity contribution in [1.82, 2.24) is 4.90 Å². The van der Waals surface area contributed by atoms with Crippen LogP contribution in [0.25, 0.3) is 0 Å². The molecule has 1 amide bonds. The van der Waals surface area contributed by atoms with Gasteiger partial charge in [0, 0.05) is 39.8 Å². The summed E-state index contributed by atoms with van der Waals surface area (Å²) in [6, 6.07) is 7.94. The molecule has 5 nitrogen and oxygen atoms in total. The predicted molar refractivity (Wildman–Crippen MR) is 83.3 cm³/mol. The van der Waals surface area contributed by atoms with E-state index in [4.69, 9.17) is 5.11 Å². The van der Waals surface area contributed by atoms with Crippen molar-refractivity contribution in [2.75, 3.05) is 26.0 Å². The van der Waals surface area contributed by atoms with Crippen molar-refractivity contribution in [3.8, 4) is 0 Å². The van der Waals surface area contributed by atoms with Crippen LogP contribution in [0.1, 0.15) is 25.8 Å². The van der Waals surface area contributed by atoms with Crippen LogP contribution in [0.15, 0.2) is 24.3 Å². The number of hydrogen-bond acceptors (Lipinski definition) is 3. The summed E-state index contributed by atoms with van der Waals surface area (Å²) in [5.41, 5.74) is 1.07. The van der Waals surface area contributed by atoms with Crippen LogP contribution >= 0.6 is 0 Å². The summed E-state index contributed by atoms with van der Waals surface area (Å²) in [6.07, 6.45) is -0.00534. The first-order valence-corrected chi connectivity index (χ1v) is 6.87. The van der Waals surface area contributed by atoms with Gasteiger partial charge in [-0.1, -0.05) is 12.1 Å². The highest BCUT2D eigenvalue weighted by Gasteiger charge is 2.31. The van der Waals surface area contributed by atoms with Crippen LogP contribution in [0.4, 0.5) is 5.69 Å². The lowest BCUT2D eigenvalue weighted by Gasteiger charge is -2.23. The van der Waals surface area contributed by atoms with E-state index in [0.717, 1.165) is 11.3 Å². The molecule has 0 heterocycles. The zero-order chi connectivity index (χ0) is 16.2. The van der Waals surface area contributed by atoms with Crippen LogP contribution in [0.2, 0.25) is 0 Å². The lowest BCUT2D eigenvalue weighted by molar-refractivity contribution is -0.151. The van der Waals surface area contributed by atoms with Gasteiger partial charge in [0.1, 0.15) is 0 Å². The molecule has 0 saturated heterocycles. The molecule has 1 aromatic rings. The van der Waals surface area contributed by atoms with E-state index in [1.807, 2.05) is 43.3 Å². The summed E-state index contributed by atoms with van der Waals surface area (Å²) in [4.78, 5) is 26.7. The molecule has 116 valence electrons. The summed E-state index contributed by atoms with van der Waals surface area (Å²) in [7, 11) is 5.64. The van der Waals surface area contributed by atoms with Crippen molar-refractivity contribution >= 4 is 17.6 Å². The van der Waals surface area contributed by atoms with E-state index in [1.54, 1.807) is 25.8 Å². The van der Waals surface area contributed by atoms with E-state index in [-0.39, 0.29) is 12.3 Å². The molecule has 0 spiro atoms. The fourth-order valence-electron chi connectivity index (χ4n) is 1.85. The molecule has 1 rings (SSSR count). The monoisotopic (exact) mass is 292 g/mol. The highest BCUT2D eigenvalue weighted by Crippen LogP contribution is 2.22. The van der Waals surface area contributed by atoms with Crippen LogP contribution in [0, 0.1) is 5.41 Å². The Hall–Kier alpha value is -2.04. The fourth-order valence-corrected chi connectivity index (χ4v) is 1.85. The Morgan fingerprint density at radius 3 is 2.05 bits per heavy atom. The number of nitrogens with zero attached hydrogens (tertiary/aromatic N) is 2. The molecule has 0 saturated carbocycles. The molecule has 0 radical (unpaired) electrons. The van der Waals surface area contributed by atoms with Gasteiger partial charge in [-0.2, -0.15) is 0 Å². The number of amides is 1. The number of aliphatic carboxylic acids is 1. The van der Waals surface area contributed by atoms with Crippen molar-refractivity contribution in [1.29, 1.82) is 0 Å². The molecule has 0 aliphatic rings. The maximum Gasteiger partial charge on any atom is 0.309 e. The quantitative estimate of drug-likeness (QED) is 0.873. The van der Waals surface area contributed by atoms with E-state index >= 15 is 0 Å². The summed E-state index contributed by atoms with van der Waals surface area (Å²) >= 11 is 0. The third-order valence-corrected chi connectivity index (χ3v) is 3.47.